The summed E-state index contributed by atoms with van der Waals surface area (Å²) in [4.78, 5) is 20.5. The van der Waals surface area contributed by atoms with Crippen molar-refractivity contribution in [2.75, 3.05) is 12.4 Å². The first-order valence-electron chi connectivity index (χ1n) is 7.91. The van der Waals surface area contributed by atoms with Crippen molar-refractivity contribution in [3.63, 3.8) is 0 Å². The second-order valence-electron chi connectivity index (χ2n) is 5.43. The Morgan fingerprint density at radius 1 is 1.15 bits per heavy atom. The number of ether oxygens (including phenoxy) is 1. The van der Waals surface area contributed by atoms with Crippen LogP contribution in [0.5, 0.6) is 5.75 Å². The average molecular weight is 352 g/mol. The zero-order chi connectivity index (χ0) is 18.4. The molecule has 7 heteroatoms. The largest absolute Gasteiger partial charge is 0.497 e. The molecule has 3 rings (SSSR count). The van der Waals surface area contributed by atoms with Crippen LogP contribution in [-0.4, -0.2) is 23.0 Å². The van der Waals surface area contributed by atoms with Crippen molar-refractivity contribution in [3.05, 3.63) is 77.9 Å². The van der Waals surface area contributed by atoms with Gasteiger partial charge in [0.05, 0.1) is 7.11 Å². The number of hydrogen-bond acceptors (Lipinski definition) is 5. The van der Waals surface area contributed by atoms with Crippen LogP contribution in [0.2, 0.25) is 0 Å². The van der Waals surface area contributed by atoms with Gasteiger partial charge in [0.1, 0.15) is 17.3 Å². The summed E-state index contributed by atoms with van der Waals surface area (Å²) in [6.45, 7) is 0.361. The lowest BCUT2D eigenvalue weighted by Gasteiger charge is -2.08. The molecule has 6 nitrogen and oxygen atoms in total. The molecule has 2 N–H and O–H groups in total. The van der Waals surface area contributed by atoms with E-state index in [9.17, 15) is 9.18 Å². The fourth-order valence-electron chi connectivity index (χ4n) is 2.26. The Kier molecular flexibility index (Phi) is 5.38. The number of nitrogens with one attached hydrogen (secondary N) is 2. The van der Waals surface area contributed by atoms with Crippen LogP contribution in [0.3, 0.4) is 0 Å². The number of hydrogen-bond donors (Lipinski definition) is 2. The smallest absolute Gasteiger partial charge is 0.270 e. The molecule has 0 radical (unpaired) electrons. The van der Waals surface area contributed by atoms with E-state index in [1.54, 1.807) is 19.2 Å². The van der Waals surface area contributed by atoms with E-state index < -0.39 is 0 Å². The predicted octanol–water partition coefficient (Wildman–Crippen LogP) is 3.30. The van der Waals surface area contributed by atoms with E-state index >= 15 is 0 Å². The van der Waals surface area contributed by atoms with Gasteiger partial charge in [-0.05, 0) is 42.0 Å². The van der Waals surface area contributed by atoms with Crippen molar-refractivity contribution < 1.29 is 13.9 Å². The topological polar surface area (TPSA) is 76.1 Å². The third kappa shape index (κ3) is 4.54. The first-order valence-corrected chi connectivity index (χ1v) is 7.91. The molecule has 26 heavy (non-hydrogen) atoms. The highest BCUT2D eigenvalue weighted by Gasteiger charge is 2.09. The normalized spacial score (nSPS) is 10.2. The summed E-state index contributed by atoms with van der Waals surface area (Å²) >= 11 is 0. The maximum atomic E-state index is 13.2. The highest BCUT2D eigenvalue weighted by Crippen LogP contribution is 2.14. The summed E-state index contributed by atoms with van der Waals surface area (Å²) in [6, 6.07) is 14.8. The van der Waals surface area contributed by atoms with Gasteiger partial charge in [-0.15, -0.1) is 0 Å². The van der Waals surface area contributed by atoms with Gasteiger partial charge in [-0.2, -0.15) is 0 Å². The second kappa shape index (κ2) is 8.06. The molecular formula is C19H17FN4O2. The number of methoxy groups -OCH3 is 1. The Bertz CT molecular complexity index is 900. The highest BCUT2D eigenvalue weighted by molar-refractivity contribution is 5.92. The minimum absolute atomic E-state index is 0.215. The van der Waals surface area contributed by atoms with Gasteiger partial charge in [0.25, 0.3) is 5.91 Å². The fraction of sp³-hybridized carbons (Fsp3) is 0.105. The number of carbonyl (C=O) groups excluding carboxylic acids is 1. The van der Waals surface area contributed by atoms with Gasteiger partial charge in [-0.3, -0.25) is 4.79 Å². The second-order valence-corrected chi connectivity index (χ2v) is 5.43. The van der Waals surface area contributed by atoms with Crippen LogP contribution in [0, 0.1) is 5.82 Å². The zero-order valence-corrected chi connectivity index (χ0v) is 14.1. The van der Waals surface area contributed by atoms with Crippen LogP contribution in [0.15, 0.2) is 60.8 Å². The molecule has 0 atom stereocenters. The summed E-state index contributed by atoms with van der Waals surface area (Å²) < 4.78 is 18.3. The number of rotatable bonds is 6. The quantitative estimate of drug-likeness (QED) is 0.712. The van der Waals surface area contributed by atoms with Crippen LogP contribution in [-0.2, 0) is 6.54 Å². The molecule has 2 aromatic carbocycles. The Morgan fingerprint density at radius 3 is 2.69 bits per heavy atom. The van der Waals surface area contributed by atoms with Gasteiger partial charge < -0.3 is 15.4 Å². The monoisotopic (exact) mass is 352 g/mol. The van der Waals surface area contributed by atoms with Crippen molar-refractivity contribution >= 4 is 17.5 Å². The first kappa shape index (κ1) is 17.3. The average Bonchev–Trinajstić information content (AvgIpc) is 2.67. The summed E-state index contributed by atoms with van der Waals surface area (Å²) in [5.41, 5.74) is 1.65. The molecule has 0 aliphatic carbocycles. The number of aromatic nitrogens is 2. The molecule has 0 unspecified atom stereocenters. The van der Waals surface area contributed by atoms with Crippen LogP contribution < -0.4 is 15.4 Å². The van der Waals surface area contributed by atoms with Crippen molar-refractivity contribution in [3.8, 4) is 5.75 Å². The van der Waals surface area contributed by atoms with Gasteiger partial charge in [-0.1, -0.05) is 18.2 Å². The number of anilines is 2. The van der Waals surface area contributed by atoms with Gasteiger partial charge in [-0.25, -0.2) is 14.4 Å². The molecule has 3 aromatic rings. The molecule has 132 valence electrons. The Labute approximate surface area is 150 Å². The van der Waals surface area contributed by atoms with E-state index in [0.717, 1.165) is 11.3 Å². The maximum absolute atomic E-state index is 13.2. The molecule has 1 heterocycles. The lowest BCUT2D eigenvalue weighted by Crippen LogP contribution is -2.24. The van der Waals surface area contributed by atoms with E-state index in [4.69, 9.17) is 4.74 Å². The lowest BCUT2D eigenvalue weighted by atomic mass is 10.2. The van der Waals surface area contributed by atoms with E-state index in [1.807, 2.05) is 24.3 Å². The SMILES string of the molecule is COc1ccc(CNC(=O)c2ccnc(Nc3cccc(F)c3)n2)cc1. The van der Waals surface area contributed by atoms with Gasteiger partial charge in [0.15, 0.2) is 0 Å². The molecule has 1 aromatic heterocycles. The summed E-state index contributed by atoms with van der Waals surface area (Å²) in [7, 11) is 1.60. The molecule has 0 aliphatic rings. The number of nitrogens with zero attached hydrogens (tertiary/aromatic N) is 2. The number of benzene rings is 2. The lowest BCUT2D eigenvalue weighted by molar-refractivity contribution is 0.0946. The zero-order valence-electron chi connectivity index (χ0n) is 14.1. The van der Waals surface area contributed by atoms with Crippen LogP contribution in [0.4, 0.5) is 16.0 Å². The summed E-state index contributed by atoms with van der Waals surface area (Å²) in [6.07, 6.45) is 1.47. The van der Waals surface area contributed by atoms with Crippen LogP contribution in [0.25, 0.3) is 0 Å². The Morgan fingerprint density at radius 2 is 1.96 bits per heavy atom. The fourth-order valence-corrected chi connectivity index (χ4v) is 2.26. The molecule has 0 saturated carbocycles. The molecular weight excluding hydrogens is 335 g/mol. The van der Waals surface area contributed by atoms with Crippen molar-refractivity contribution in [2.45, 2.75) is 6.54 Å². The third-order valence-corrected chi connectivity index (χ3v) is 3.58. The van der Waals surface area contributed by atoms with Gasteiger partial charge in [0.2, 0.25) is 5.95 Å². The Balaban J connectivity index is 1.63. The minimum atomic E-state index is -0.372. The van der Waals surface area contributed by atoms with Gasteiger partial charge in [0, 0.05) is 18.4 Å². The van der Waals surface area contributed by atoms with Crippen LogP contribution >= 0.6 is 0 Å². The number of amides is 1. The van der Waals surface area contributed by atoms with Crippen molar-refractivity contribution in [2.24, 2.45) is 0 Å². The van der Waals surface area contributed by atoms with Crippen molar-refractivity contribution in [1.29, 1.82) is 0 Å². The Hall–Kier alpha value is -3.48. The predicted molar refractivity (Wildman–Crippen MR) is 95.9 cm³/mol. The molecule has 0 fully saturated rings. The number of halogens is 1. The standard InChI is InChI=1S/C19H17FN4O2/c1-26-16-7-5-13(6-8-16)12-22-18(25)17-9-10-21-19(24-17)23-15-4-2-3-14(20)11-15/h2-11H,12H2,1H3,(H,22,25)(H,21,23,24). The summed E-state index contributed by atoms with van der Waals surface area (Å²) in [5.74, 6) is 0.269. The van der Waals surface area contributed by atoms with E-state index in [1.165, 1.54) is 24.4 Å². The number of carbonyl (C=O) groups is 1. The molecule has 0 aliphatic heterocycles. The molecule has 0 bridgehead atoms. The van der Waals surface area contributed by atoms with Crippen LogP contribution in [0.1, 0.15) is 16.1 Å². The molecule has 0 spiro atoms. The molecule has 0 saturated heterocycles. The van der Waals surface area contributed by atoms with E-state index in [-0.39, 0.29) is 23.4 Å². The highest BCUT2D eigenvalue weighted by atomic mass is 19.1. The summed E-state index contributed by atoms with van der Waals surface area (Å²) in [5, 5.41) is 5.67. The molecule has 1 amide bonds. The minimum Gasteiger partial charge on any atom is -0.497 e. The van der Waals surface area contributed by atoms with Crippen molar-refractivity contribution in [1.82, 2.24) is 15.3 Å². The van der Waals surface area contributed by atoms with E-state index in [2.05, 4.69) is 20.6 Å². The van der Waals surface area contributed by atoms with Gasteiger partial charge >= 0.3 is 0 Å². The third-order valence-electron chi connectivity index (χ3n) is 3.58. The maximum Gasteiger partial charge on any atom is 0.270 e. The first-order chi connectivity index (χ1) is 12.6. The van der Waals surface area contributed by atoms with E-state index in [0.29, 0.717) is 12.2 Å².